The Bertz CT molecular complexity index is 799. The summed E-state index contributed by atoms with van der Waals surface area (Å²) >= 11 is 1.63. The summed E-state index contributed by atoms with van der Waals surface area (Å²) in [7, 11) is 0. The Hall–Kier alpha value is -2.40. The molecule has 23 heavy (non-hydrogen) atoms. The van der Waals surface area contributed by atoms with Crippen molar-refractivity contribution < 1.29 is 9.53 Å². The summed E-state index contributed by atoms with van der Waals surface area (Å²) in [4.78, 5) is 16.4. The molecule has 0 aliphatic heterocycles. The van der Waals surface area contributed by atoms with Crippen molar-refractivity contribution in [2.75, 3.05) is 11.9 Å². The van der Waals surface area contributed by atoms with Gasteiger partial charge in [0, 0.05) is 12.1 Å². The lowest BCUT2D eigenvalue weighted by Gasteiger charge is -2.07. The first-order chi connectivity index (χ1) is 11.2. The number of hydrogen-bond acceptors (Lipinski definition) is 4. The summed E-state index contributed by atoms with van der Waals surface area (Å²) in [6, 6.07) is 15.4. The zero-order valence-corrected chi connectivity index (χ0v) is 13.7. The number of aromatic nitrogens is 1. The fourth-order valence-corrected chi connectivity index (χ4v) is 3.15. The zero-order valence-electron chi connectivity index (χ0n) is 12.9. The molecule has 0 fully saturated rings. The van der Waals surface area contributed by atoms with E-state index in [0.29, 0.717) is 19.4 Å². The highest BCUT2D eigenvalue weighted by molar-refractivity contribution is 7.18. The fourth-order valence-electron chi connectivity index (χ4n) is 2.28. The van der Waals surface area contributed by atoms with Crippen LogP contribution in [0.5, 0.6) is 5.75 Å². The van der Waals surface area contributed by atoms with Crippen LogP contribution in [0.25, 0.3) is 10.2 Å². The molecular formula is C18H18N2O2S. The lowest BCUT2D eigenvalue weighted by Crippen LogP contribution is -2.12. The number of fused-ring (bicyclic) bond motifs is 1. The van der Waals surface area contributed by atoms with E-state index in [-0.39, 0.29) is 5.91 Å². The molecule has 0 radical (unpaired) electrons. The monoisotopic (exact) mass is 326 g/mol. The molecule has 0 aliphatic carbocycles. The fraction of sp³-hybridized carbons (Fsp3) is 0.222. The molecule has 0 spiro atoms. The van der Waals surface area contributed by atoms with Crippen LogP contribution in [0.4, 0.5) is 5.69 Å². The van der Waals surface area contributed by atoms with E-state index in [1.54, 1.807) is 11.3 Å². The number of ether oxygens (including phenoxy) is 1. The van der Waals surface area contributed by atoms with Crippen molar-refractivity contribution >= 4 is 33.1 Å². The van der Waals surface area contributed by atoms with Crippen molar-refractivity contribution in [3.05, 3.63) is 53.5 Å². The highest BCUT2D eigenvalue weighted by atomic mass is 32.1. The quantitative estimate of drug-likeness (QED) is 0.683. The van der Waals surface area contributed by atoms with Gasteiger partial charge in [-0.2, -0.15) is 0 Å². The number of aryl methyl sites for hydroxylation is 1. The van der Waals surface area contributed by atoms with Crippen molar-refractivity contribution in [2.24, 2.45) is 0 Å². The van der Waals surface area contributed by atoms with Gasteiger partial charge in [0.2, 0.25) is 5.91 Å². The van der Waals surface area contributed by atoms with Crippen LogP contribution in [0.3, 0.4) is 0 Å². The van der Waals surface area contributed by atoms with E-state index in [9.17, 15) is 4.79 Å². The van der Waals surface area contributed by atoms with Crippen LogP contribution >= 0.6 is 11.3 Å². The summed E-state index contributed by atoms with van der Waals surface area (Å²) < 4.78 is 6.67. The Labute approximate surface area is 139 Å². The number of anilines is 1. The third-order valence-electron chi connectivity index (χ3n) is 3.34. The Kier molecular flexibility index (Phi) is 4.88. The maximum atomic E-state index is 12.0. The average molecular weight is 326 g/mol. The third-order valence-corrected chi connectivity index (χ3v) is 4.27. The van der Waals surface area contributed by atoms with Crippen LogP contribution in [0.1, 0.15) is 17.8 Å². The molecule has 0 saturated carbocycles. The Morgan fingerprint density at radius 2 is 2.04 bits per heavy atom. The van der Waals surface area contributed by atoms with Gasteiger partial charge in [-0.1, -0.05) is 18.2 Å². The SMILES string of the molecule is Cc1nc2ccc(NC(=O)CCCOc3ccccc3)cc2s1. The van der Waals surface area contributed by atoms with E-state index < -0.39 is 0 Å². The minimum atomic E-state index is 0.00208. The lowest BCUT2D eigenvalue weighted by atomic mass is 10.2. The molecule has 0 unspecified atom stereocenters. The summed E-state index contributed by atoms with van der Waals surface area (Å²) in [5.74, 6) is 0.834. The van der Waals surface area contributed by atoms with Crippen LogP contribution in [-0.2, 0) is 4.79 Å². The number of nitrogens with zero attached hydrogens (tertiary/aromatic N) is 1. The van der Waals surface area contributed by atoms with Gasteiger partial charge in [0.15, 0.2) is 0 Å². The smallest absolute Gasteiger partial charge is 0.224 e. The summed E-state index contributed by atoms with van der Waals surface area (Å²) in [5.41, 5.74) is 1.79. The van der Waals surface area contributed by atoms with Crippen LogP contribution < -0.4 is 10.1 Å². The second-order valence-electron chi connectivity index (χ2n) is 5.23. The minimum Gasteiger partial charge on any atom is -0.494 e. The molecule has 1 heterocycles. The Morgan fingerprint density at radius 3 is 2.87 bits per heavy atom. The molecule has 5 heteroatoms. The number of carbonyl (C=O) groups is 1. The van der Waals surface area contributed by atoms with Gasteiger partial charge in [-0.25, -0.2) is 4.98 Å². The maximum absolute atomic E-state index is 12.0. The van der Waals surface area contributed by atoms with Gasteiger partial charge in [-0.3, -0.25) is 4.79 Å². The highest BCUT2D eigenvalue weighted by Crippen LogP contribution is 2.24. The van der Waals surface area contributed by atoms with Gasteiger partial charge in [0.25, 0.3) is 0 Å². The van der Waals surface area contributed by atoms with Gasteiger partial charge in [-0.15, -0.1) is 11.3 Å². The maximum Gasteiger partial charge on any atom is 0.224 e. The van der Waals surface area contributed by atoms with Crippen molar-refractivity contribution in [1.82, 2.24) is 4.98 Å². The van der Waals surface area contributed by atoms with Crippen molar-refractivity contribution in [2.45, 2.75) is 19.8 Å². The standard InChI is InChI=1S/C18H18N2O2S/c1-13-19-16-10-9-14(12-17(16)23-13)20-18(21)8-5-11-22-15-6-3-2-4-7-15/h2-4,6-7,9-10,12H,5,8,11H2,1H3,(H,20,21). The molecule has 1 aromatic heterocycles. The molecular weight excluding hydrogens is 308 g/mol. The van der Waals surface area contributed by atoms with Gasteiger partial charge in [0.1, 0.15) is 5.75 Å². The molecule has 0 saturated heterocycles. The second kappa shape index (κ2) is 7.24. The molecule has 0 bridgehead atoms. The molecule has 2 aromatic carbocycles. The number of benzene rings is 2. The van der Waals surface area contributed by atoms with Gasteiger partial charge < -0.3 is 10.1 Å². The first-order valence-electron chi connectivity index (χ1n) is 7.55. The second-order valence-corrected chi connectivity index (χ2v) is 6.46. The number of rotatable bonds is 6. The van der Waals surface area contributed by atoms with E-state index in [1.165, 1.54) is 0 Å². The summed E-state index contributed by atoms with van der Waals surface area (Å²) in [5, 5.41) is 3.96. The summed E-state index contributed by atoms with van der Waals surface area (Å²) in [6.45, 7) is 2.51. The Balaban J connectivity index is 1.46. The van der Waals surface area contributed by atoms with Gasteiger partial charge in [-0.05, 0) is 43.7 Å². The Morgan fingerprint density at radius 1 is 1.22 bits per heavy atom. The molecule has 1 amide bonds. The summed E-state index contributed by atoms with van der Waals surface area (Å²) in [6.07, 6.45) is 1.12. The predicted octanol–water partition coefficient (Wildman–Crippen LogP) is 4.40. The van der Waals surface area contributed by atoms with E-state index in [1.807, 2.05) is 55.5 Å². The number of para-hydroxylation sites is 1. The van der Waals surface area contributed by atoms with Crippen LogP contribution in [-0.4, -0.2) is 17.5 Å². The van der Waals surface area contributed by atoms with Crippen LogP contribution in [0.2, 0.25) is 0 Å². The van der Waals surface area contributed by atoms with Gasteiger partial charge >= 0.3 is 0 Å². The van der Waals surface area contributed by atoms with Crippen molar-refractivity contribution in [1.29, 1.82) is 0 Å². The van der Waals surface area contributed by atoms with Gasteiger partial charge in [0.05, 0.1) is 21.8 Å². The first-order valence-corrected chi connectivity index (χ1v) is 8.37. The topological polar surface area (TPSA) is 51.2 Å². The highest BCUT2D eigenvalue weighted by Gasteiger charge is 2.05. The first kappa shape index (κ1) is 15.5. The minimum absolute atomic E-state index is 0.00208. The molecule has 0 atom stereocenters. The largest absolute Gasteiger partial charge is 0.494 e. The van der Waals surface area contributed by atoms with E-state index in [0.717, 1.165) is 26.7 Å². The molecule has 4 nitrogen and oxygen atoms in total. The van der Waals surface area contributed by atoms with Crippen molar-refractivity contribution in [3.63, 3.8) is 0 Å². The molecule has 0 aliphatic rings. The number of amides is 1. The lowest BCUT2D eigenvalue weighted by molar-refractivity contribution is -0.116. The molecule has 118 valence electrons. The van der Waals surface area contributed by atoms with Crippen LogP contribution in [0.15, 0.2) is 48.5 Å². The molecule has 1 N–H and O–H groups in total. The number of nitrogens with one attached hydrogen (secondary N) is 1. The normalized spacial score (nSPS) is 10.7. The number of thiazole rings is 1. The number of carbonyl (C=O) groups excluding carboxylic acids is 1. The van der Waals surface area contributed by atoms with Crippen molar-refractivity contribution in [3.8, 4) is 5.75 Å². The average Bonchev–Trinajstić information content (AvgIpc) is 2.92. The number of hydrogen-bond donors (Lipinski definition) is 1. The molecule has 3 rings (SSSR count). The van der Waals surface area contributed by atoms with E-state index in [2.05, 4.69) is 10.3 Å². The van der Waals surface area contributed by atoms with Crippen LogP contribution in [0, 0.1) is 6.92 Å². The predicted molar refractivity (Wildman–Crippen MR) is 94.2 cm³/mol. The van der Waals surface area contributed by atoms with E-state index >= 15 is 0 Å². The molecule has 3 aromatic rings. The zero-order chi connectivity index (χ0) is 16.1. The van der Waals surface area contributed by atoms with E-state index in [4.69, 9.17) is 4.74 Å². The third kappa shape index (κ3) is 4.29.